The minimum absolute atomic E-state index is 0. The van der Waals surface area contributed by atoms with Crippen LogP contribution in [-0.4, -0.2) is 56.6 Å². The third-order valence-corrected chi connectivity index (χ3v) is 7.43. The van der Waals surface area contributed by atoms with Crippen molar-refractivity contribution in [2.24, 2.45) is 0 Å². The van der Waals surface area contributed by atoms with Crippen molar-refractivity contribution in [2.75, 3.05) is 13.2 Å². The number of hydrogen-bond donors (Lipinski definition) is 0. The number of carbonyl (C=O) groups is 2. The molecule has 0 aromatic carbocycles. The fraction of sp³-hybridized carbons (Fsp3) is 0.250. The average Bonchev–Trinajstić information content (AvgIpc) is 3.47. The Morgan fingerprint density at radius 3 is 2.00 bits per heavy atom. The molecule has 4 aromatic rings. The Morgan fingerprint density at radius 1 is 0.816 bits per heavy atom. The summed E-state index contributed by atoms with van der Waals surface area (Å²) in [5, 5.41) is 25.4. The van der Waals surface area contributed by atoms with E-state index in [1.165, 1.54) is 45.8 Å². The van der Waals surface area contributed by atoms with Gasteiger partial charge in [-0.2, -0.15) is 15.5 Å². The van der Waals surface area contributed by atoms with Crippen LogP contribution in [0.5, 0.6) is 23.0 Å². The number of carbonyl (C=O) groups excluding carboxylic acids is 2. The fourth-order valence-corrected chi connectivity index (χ4v) is 5.55. The Balaban J connectivity index is 0.00000109. The molecular weight excluding hydrogens is 794 g/mol. The molecule has 0 saturated carbocycles. The Morgan fingerprint density at radius 2 is 1.41 bits per heavy atom. The standard InChI is InChI=1S/C29H27N3O6S.3CNS.Ru/c1-2-3-4-5-6-26-27-28(36-12-11-35-27)29(39-26)19-7-8-22(31-16-19)24-14-21(38-18-34)15-25(32-24)23-13-20(37-17-33)9-10-30-23;3*2-1-3;/h7-10,13-18H,2-6,11-12H2,1H3;;;;/q;3*-1;+3. The zero-order valence-corrected chi connectivity index (χ0v) is 30.8. The Labute approximate surface area is 315 Å². The maximum Gasteiger partial charge on any atom is 3.00 e. The van der Waals surface area contributed by atoms with E-state index in [-0.39, 0.29) is 25.2 Å². The van der Waals surface area contributed by atoms with Crippen LogP contribution in [0.15, 0.2) is 48.8 Å². The van der Waals surface area contributed by atoms with Crippen LogP contribution in [0, 0.1) is 0 Å². The number of hydrogen-bond acceptors (Lipinski definition) is 13. The van der Waals surface area contributed by atoms with Gasteiger partial charge < -0.3 is 35.2 Å². The van der Waals surface area contributed by atoms with Crippen molar-refractivity contribution in [3.63, 3.8) is 0 Å². The SMILES string of the molecule is CCCCCCc1sc(-c2ccc(-c3cc(OC=O)cc(-c4cc(OC=O)ccn4)n3)nc2)c2c1OCCO2.[N-]=C=S.[N-]=C=S.[N-]=C=S.[Ru+3]. The molecule has 0 fully saturated rings. The van der Waals surface area contributed by atoms with E-state index in [2.05, 4.69) is 58.5 Å². The summed E-state index contributed by atoms with van der Waals surface area (Å²) in [7, 11) is 0. The Bertz CT molecular complexity index is 1730. The van der Waals surface area contributed by atoms with E-state index < -0.39 is 0 Å². The van der Waals surface area contributed by atoms with Crippen LogP contribution in [-0.2, 0) is 35.5 Å². The molecule has 0 N–H and O–H groups in total. The van der Waals surface area contributed by atoms with Crippen molar-refractivity contribution in [1.82, 2.24) is 15.0 Å². The van der Waals surface area contributed by atoms with Gasteiger partial charge in [0, 0.05) is 36.2 Å². The van der Waals surface area contributed by atoms with E-state index in [1.54, 1.807) is 41.8 Å². The fourth-order valence-electron chi connectivity index (χ4n) is 4.33. The number of aromatic nitrogens is 3. The minimum atomic E-state index is 0. The molecule has 0 unspecified atom stereocenters. The molecule has 253 valence electrons. The first-order valence-electron chi connectivity index (χ1n) is 14.1. The second-order valence-electron chi connectivity index (χ2n) is 9.10. The van der Waals surface area contributed by atoms with Gasteiger partial charge in [0.25, 0.3) is 12.9 Å². The van der Waals surface area contributed by atoms with E-state index in [1.807, 2.05) is 12.1 Å². The number of unbranched alkanes of at least 4 members (excludes halogenated alkanes) is 3. The van der Waals surface area contributed by atoms with Crippen molar-refractivity contribution in [3.05, 3.63) is 69.9 Å². The smallest absolute Gasteiger partial charge is 0.753 e. The second kappa shape index (κ2) is 24.8. The average molecular weight is 821 g/mol. The van der Waals surface area contributed by atoms with Gasteiger partial charge in [0.05, 0.1) is 32.5 Å². The summed E-state index contributed by atoms with van der Waals surface area (Å²) in [6.45, 7) is 3.96. The van der Waals surface area contributed by atoms with Crippen LogP contribution in [0.25, 0.3) is 49.4 Å². The molecule has 1 aliphatic rings. The number of thiophene rings is 1. The summed E-state index contributed by atoms with van der Waals surface area (Å²) in [4.78, 5) is 37.7. The first kappa shape index (κ1) is 42.7. The van der Waals surface area contributed by atoms with Crippen molar-refractivity contribution in [1.29, 1.82) is 0 Å². The van der Waals surface area contributed by atoms with Crippen LogP contribution in [0.3, 0.4) is 0 Å². The molecule has 0 bridgehead atoms. The summed E-state index contributed by atoms with van der Waals surface area (Å²) < 4.78 is 22.1. The molecule has 0 aliphatic carbocycles. The number of ether oxygens (including phenoxy) is 4. The zero-order chi connectivity index (χ0) is 35.1. The van der Waals surface area contributed by atoms with Crippen LogP contribution in [0.2, 0.25) is 0 Å². The maximum atomic E-state index is 11.1. The number of isothiocyanates is 3. The van der Waals surface area contributed by atoms with Gasteiger partial charge in [0.2, 0.25) is 0 Å². The molecule has 0 atom stereocenters. The first-order valence-corrected chi connectivity index (χ1v) is 16.1. The van der Waals surface area contributed by atoms with Gasteiger partial charge in [0.1, 0.15) is 24.7 Å². The minimum Gasteiger partial charge on any atom is -0.753 e. The van der Waals surface area contributed by atoms with E-state index in [4.69, 9.17) is 35.2 Å². The molecule has 5 rings (SSSR count). The van der Waals surface area contributed by atoms with Crippen LogP contribution in [0.4, 0.5) is 0 Å². The predicted octanol–water partition coefficient (Wildman–Crippen LogP) is 7.87. The van der Waals surface area contributed by atoms with Gasteiger partial charge in [-0.1, -0.05) is 62.8 Å². The molecule has 49 heavy (non-hydrogen) atoms. The first-order chi connectivity index (χ1) is 23.4. The summed E-state index contributed by atoms with van der Waals surface area (Å²) in [5.74, 6) is 2.25. The van der Waals surface area contributed by atoms with Gasteiger partial charge in [0.15, 0.2) is 11.5 Å². The molecule has 0 spiro atoms. The summed E-state index contributed by atoms with van der Waals surface area (Å²) in [6, 6.07) is 10.2. The third kappa shape index (κ3) is 13.6. The van der Waals surface area contributed by atoms with Crippen molar-refractivity contribution in [2.45, 2.75) is 39.0 Å². The van der Waals surface area contributed by atoms with E-state index in [0.717, 1.165) is 34.8 Å². The largest absolute Gasteiger partial charge is 3.00 e. The monoisotopic (exact) mass is 821 g/mol. The van der Waals surface area contributed by atoms with E-state index >= 15 is 0 Å². The van der Waals surface area contributed by atoms with Gasteiger partial charge in [-0.05, 0) is 31.0 Å². The molecule has 4 aromatic heterocycles. The van der Waals surface area contributed by atoms with E-state index in [0.29, 0.717) is 54.7 Å². The molecule has 5 heterocycles. The van der Waals surface area contributed by atoms with Crippen molar-refractivity contribution < 1.29 is 48.0 Å². The number of pyridine rings is 3. The van der Waals surface area contributed by atoms with Gasteiger partial charge in [-0.3, -0.25) is 19.6 Å². The quantitative estimate of drug-likeness (QED) is 0.0445. The molecular formula is C32H27N6O6RuS4. The number of nitrogens with zero attached hydrogens (tertiary/aromatic N) is 6. The number of thiocarbonyl (C=S) groups is 3. The molecule has 0 amide bonds. The molecule has 12 nitrogen and oxygen atoms in total. The molecule has 17 heteroatoms. The third-order valence-electron chi connectivity index (χ3n) is 6.17. The Kier molecular flexibility index (Phi) is 21.6. The van der Waals surface area contributed by atoms with Gasteiger partial charge in [-0.15, -0.1) is 11.3 Å². The van der Waals surface area contributed by atoms with Crippen LogP contribution < -0.4 is 18.9 Å². The summed E-state index contributed by atoms with van der Waals surface area (Å²) >= 11 is 12.8. The van der Waals surface area contributed by atoms with Gasteiger partial charge >= 0.3 is 19.5 Å². The number of aryl methyl sites for hydroxylation is 1. The normalized spacial score (nSPS) is 10.1. The zero-order valence-electron chi connectivity index (χ0n) is 25.8. The van der Waals surface area contributed by atoms with E-state index in [9.17, 15) is 9.59 Å². The summed E-state index contributed by atoms with van der Waals surface area (Å²) in [6.07, 6.45) is 8.99. The van der Waals surface area contributed by atoms with Crippen LogP contribution >= 0.6 is 48.0 Å². The topological polar surface area (TPSA) is 177 Å². The molecule has 1 radical (unpaired) electrons. The Hall–Kier alpha value is -4.29. The van der Waals surface area contributed by atoms with Crippen LogP contribution in [0.1, 0.15) is 37.5 Å². The molecule has 0 saturated heterocycles. The molecule has 1 aliphatic heterocycles. The number of rotatable bonds is 12. The maximum absolute atomic E-state index is 11.1. The number of fused-ring (bicyclic) bond motifs is 1. The van der Waals surface area contributed by atoms with Crippen molar-refractivity contribution in [3.8, 4) is 56.2 Å². The second-order valence-corrected chi connectivity index (χ2v) is 10.8. The summed E-state index contributed by atoms with van der Waals surface area (Å²) in [5.41, 5.74) is 2.86. The van der Waals surface area contributed by atoms with Gasteiger partial charge in [-0.25, -0.2) is 4.98 Å². The van der Waals surface area contributed by atoms with Crippen molar-refractivity contribution >= 4 is 76.4 Å². The predicted molar refractivity (Wildman–Crippen MR) is 194 cm³/mol.